The summed E-state index contributed by atoms with van der Waals surface area (Å²) in [7, 11) is 0. The van der Waals surface area contributed by atoms with Crippen molar-refractivity contribution in [2.75, 3.05) is 17.6 Å². The maximum atomic E-state index is 11.5. The van der Waals surface area contributed by atoms with E-state index < -0.39 is 5.97 Å². The third kappa shape index (κ3) is 3.77. The van der Waals surface area contributed by atoms with Gasteiger partial charge in [-0.3, -0.25) is 0 Å². The molecule has 5 heteroatoms. The smallest absolute Gasteiger partial charge is 0.338 e. The van der Waals surface area contributed by atoms with Gasteiger partial charge in [0, 0.05) is 22.0 Å². The Bertz CT molecular complexity index is 567. The number of hydrogen-bond donors (Lipinski definition) is 2. The standard InChI is InChI=1S/C15H17NO2S2/c1-2-19-13-7-3-6-12(14(13)15(17)18)16-9-8-11-5-4-10-20-11/h3-7,10,16H,2,8-9H2,1H3,(H,17,18). The lowest BCUT2D eigenvalue weighted by molar-refractivity contribution is 0.0694. The van der Waals surface area contributed by atoms with Gasteiger partial charge in [-0.15, -0.1) is 23.1 Å². The van der Waals surface area contributed by atoms with E-state index in [1.807, 2.05) is 31.2 Å². The lowest BCUT2D eigenvalue weighted by atomic mass is 10.1. The molecule has 2 N–H and O–H groups in total. The Hall–Kier alpha value is -1.46. The number of aromatic carboxylic acids is 1. The van der Waals surface area contributed by atoms with Gasteiger partial charge in [0.15, 0.2) is 0 Å². The van der Waals surface area contributed by atoms with Gasteiger partial charge in [0.25, 0.3) is 0 Å². The number of nitrogens with one attached hydrogen (secondary N) is 1. The fourth-order valence-corrected chi connectivity index (χ4v) is 3.49. The predicted molar refractivity (Wildman–Crippen MR) is 86.3 cm³/mol. The van der Waals surface area contributed by atoms with E-state index >= 15 is 0 Å². The molecule has 0 spiro atoms. The molecule has 0 radical (unpaired) electrons. The van der Waals surface area contributed by atoms with E-state index in [1.54, 1.807) is 23.1 Å². The number of carboxylic acid groups (broad SMARTS) is 1. The highest BCUT2D eigenvalue weighted by Gasteiger charge is 2.15. The van der Waals surface area contributed by atoms with E-state index in [1.165, 1.54) is 4.88 Å². The summed E-state index contributed by atoms with van der Waals surface area (Å²) < 4.78 is 0. The van der Waals surface area contributed by atoms with Crippen molar-refractivity contribution in [3.63, 3.8) is 0 Å². The number of anilines is 1. The minimum absolute atomic E-state index is 0.380. The lowest BCUT2D eigenvalue weighted by Gasteiger charge is -2.12. The highest BCUT2D eigenvalue weighted by atomic mass is 32.2. The van der Waals surface area contributed by atoms with Crippen molar-refractivity contribution < 1.29 is 9.90 Å². The molecule has 1 aromatic heterocycles. The molecule has 1 aromatic carbocycles. The summed E-state index contributed by atoms with van der Waals surface area (Å²) in [5.74, 6) is -0.0148. The van der Waals surface area contributed by atoms with Crippen LogP contribution in [0, 0.1) is 0 Å². The van der Waals surface area contributed by atoms with Crippen LogP contribution in [0.3, 0.4) is 0 Å². The Morgan fingerprint density at radius 3 is 2.85 bits per heavy atom. The summed E-state index contributed by atoms with van der Waals surface area (Å²) in [4.78, 5) is 13.6. The first-order valence-electron chi connectivity index (χ1n) is 6.47. The van der Waals surface area contributed by atoms with Crippen LogP contribution in [-0.2, 0) is 6.42 Å². The van der Waals surface area contributed by atoms with Crippen molar-refractivity contribution in [3.05, 3.63) is 46.2 Å². The first-order valence-corrected chi connectivity index (χ1v) is 8.34. The third-order valence-electron chi connectivity index (χ3n) is 2.81. The van der Waals surface area contributed by atoms with Crippen LogP contribution in [0.25, 0.3) is 0 Å². The molecule has 1 heterocycles. The topological polar surface area (TPSA) is 49.3 Å². The average Bonchev–Trinajstić information content (AvgIpc) is 2.92. The summed E-state index contributed by atoms with van der Waals surface area (Å²) in [5.41, 5.74) is 1.08. The summed E-state index contributed by atoms with van der Waals surface area (Å²) in [6.07, 6.45) is 0.905. The molecule has 0 saturated heterocycles. The predicted octanol–water partition coefficient (Wildman–Crippen LogP) is 4.21. The van der Waals surface area contributed by atoms with Crippen LogP contribution in [0.1, 0.15) is 22.2 Å². The zero-order chi connectivity index (χ0) is 14.4. The van der Waals surface area contributed by atoms with Gasteiger partial charge in [0.1, 0.15) is 0 Å². The van der Waals surface area contributed by atoms with Crippen molar-refractivity contribution in [2.45, 2.75) is 18.2 Å². The molecule has 2 rings (SSSR count). The zero-order valence-corrected chi connectivity index (χ0v) is 12.9. The molecular weight excluding hydrogens is 290 g/mol. The summed E-state index contributed by atoms with van der Waals surface area (Å²) in [6, 6.07) is 9.71. The normalized spacial score (nSPS) is 10.4. The van der Waals surface area contributed by atoms with Crippen LogP contribution in [0.15, 0.2) is 40.6 Å². The molecule has 2 aromatic rings. The molecule has 0 fully saturated rings. The number of hydrogen-bond acceptors (Lipinski definition) is 4. The minimum atomic E-state index is -0.875. The maximum absolute atomic E-state index is 11.5. The quantitative estimate of drug-likeness (QED) is 0.752. The number of benzene rings is 1. The van der Waals surface area contributed by atoms with Crippen molar-refractivity contribution >= 4 is 34.8 Å². The van der Waals surface area contributed by atoms with Crippen LogP contribution in [0.5, 0.6) is 0 Å². The zero-order valence-electron chi connectivity index (χ0n) is 11.3. The molecule has 0 aliphatic rings. The first kappa shape index (κ1) is 14.9. The fourth-order valence-electron chi connectivity index (χ4n) is 1.95. The Kier molecular flexibility index (Phi) is 5.49. The van der Waals surface area contributed by atoms with Crippen molar-refractivity contribution in [1.29, 1.82) is 0 Å². The third-order valence-corrected chi connectivity index (χ3v) is 4.68. The van der Waals surface area contributed by atoms with Crippen LogP contribution in [0.4, 0.5) is 5.69 Å². The second-order valence-corrected chi connectivity index (χ2v) is 6.51. The molecule has 0 amide bonds. The van der Waals surface area contributed by atoms with Gasteiger partial charge in [-0.2, -0.15) is 0 Å². The van der Waals surface area contributed by atoms with Crippen LogP contribution < -0.4 is 5.32 Å². The average molecular weight is 307 g/mol. The Morgan fingerprint density at radius 1 is 1.35 bits per heavy atom. The number of thiophene rings is 1. The van der Waals surface area contributed by atoms with Gasteiger partial charge in [-0.25, -0.2) is 4.79 Å². The van der Waals surface area contributed by atoms with Crippen LogP contribution in [0.2, 0.25) is 0 Å². The van der Waals surface area contributed by atoms with E-state index in [2.05, 4.69) is 16.8 Å². The molecule has 0 unspecified atom stereocenters. The molecule has 20 heavy (non-hydrogen) atoms. The van der Waals surface area contributed by atoms with E-state index in [0.29, 0.717) is 11.3 Å². The van der Waals surface area contributed by atoms with Crippen molar-refractivity contribution in [2.24, 2.45) is 0 Å². The van der Waals surface area contributed by atoms with Crippen molar-refractivity contribution in [1.82, 2.24) is 0 Å². The SMILES string of the molecule is CCSc1cccc(NCCc2cccs2)c1C(=O)O. The molecular formula is C15H17NO2S2. The van der Waals surface area contributed by atoms with Crippen LogP contribution in [-0.4, -0.2) is 23.4 Å². The van der Waals surface area contributed by atoms with Gasteiger partial charge >= 0.3 is 5.97 Å². The molecule has 0 aliphatic carbocycles. The number of carbonyl (C=O) groups is 1. The van der Waals surface area contributed by atoms with E-state index in [0.717, 1.165) is 23.6 Å². The molecule has 0 aliphatic heterocycles. The van der Waals surface area contributed by atoms with E-state index in [-0.39, 0.29) is 0 Å². The number of thioether (sulfide) groups is 1. The van der Waals surface area contributed by atoms with Crippen molar-refractivity contribution in [3.8, 4) is 0 Å². The van der Waals surface area contributed by atoms with Gasteiger partial charge in [0.05, 0.1) is 5.56 Å². The van der Waals surface area contributed by atoms with Gasteiger partial charge < -0.3 is 10.4 Å². The van der Waals surface area contributed by atoms with Gasteiger partial charge in [-0.05, 0) is 35.8 Å². The number of rotatable bonds is 7. The molecule has 0 bridgehead atoms. The summed E-state index contributed by atoms with van der Waals surface area (Å²) >= 11 is 3.28. The van der Waals surface area contributed by atoms with Gasteiger partial charge in [0.2, 0.25) is 0 Å². The maximum Gasteiger partial charge on any atom is 0.338 e. The molecule has 0 atom stereocenters. The second-order valence-electron chi connectivity index (χ2n) is 4.17. The monoisotopic (exact) mass is 307 g/mol. The summed E-state index contributed by atoms with van der Waals surface area (Å²) in [6.45, 7) is 2.76. The summed E-state index contributed by atoms with van der Waals surface area (Å²) in [5, 5.41) is 14.7. The Morgan fingerprint density at radius 2 is 2.20 bits per heavy atom. The highest BCUT2D eigenvalue weighted by Crippen LogP contribution is 2.28. The molecule has 3 nitrogen and oxygen atoms in total. The largest absolute Gasteiger partial charge is 0.478 e. The van der Waals surface area contributed by atoms with E-state index in [4.69, 9.17) is 0 Å². The molecule has 106 valence electrons. The second kappa shape index (κ2) is 7.36. The Balaban J connectivity index is 2.09. The minimum Gasteiger partial charge on any atom is -0.478 e. The van der Waals surface area contributed by atoms with Gasteiger partial charge in [-0.1, -0.05) is 19.1 Å². The first-order chi connectivity index (χ1) is 9.72. The van der Waals surface area contributed by atoms with Crippen LogP contribution >= 0.6 is 23.1 Å². The highest BCUT2D eigenvalue weighted by molar-refractivity contribution is 7.99. The fraction of sp³-hybridized carbons (Fsp3) is 0.267. The van der Waals surface area contributed by atoms with E-state index in [9.17, 15) is 9.90 Å². The number of carboxylic acids is 1. The molecule has 0 saturated carbocycles. The lowest BCUT2D eigenvalue weighted by Crippen LogP contribution is -2.10. The Labute approximate surface area is 127 Å².